The number of rotatable bonds is 26. The van der Waals surface area contributed by atoms with E-state index in [1.807, 2.05) is 26.8 Å². The minimum absolute atomic E-state index is 0.0308. The highest BCUT2D eigenvalue weighted by Crippen LogP contribution is 2.73. The number of carbonyl (C=O) groups excluding carboxylic acids is 3. The molecule has 20 heteroatoms. The smallest absolute Gasteiger partial charge is 0.314 e. The number of unbranched alkanes of at least 4 members (excludes halogenated alkanes) is 7. The number of esters is 1. The van der Waals surface area contributed by atoms with Crippen LogP contribution < -0.4 is 5.32 Å². The average Bonchev–Trinajstić information content (AvgIpc) is 3.62. The van der Waals surface area contributed by atoms with Crippen molar-refractivity contribution in [2.75, 3.05) is 13.2 Å². The van der Waals surface area contributed by atoms with Crippen molar-refractivity contribution in [2.24, 2.45) is 50.2 Å². The zero-order valence-corrected chi connectivity index (χ0v) is 50.6. The van der Waals surface area contributed by atoms with E-state index in [1.54, 1.807) is 0 Å². The number of aldehydes is 1. The zero-order valence-electron chi connectivity index (χ0n) is 50.6. The molecule has 3 aliphatic heterocycles. The predicted octanol–water partition coefficient (Wildman–Crippen LogP) is 5.53. The van der Waals surface area contributed by atoms with E-state index >= 15 is 4.79 Å². The SMILES string of the molecule is C=CC[C@]1(C)C(C(C)[C@@](C)(CCC(C)(C)C)C(=O)O[C@@H]2O[C@H](CO)C(NC(=O)CCCCCCCCCCC(=O)O)C(O)C2O[C@@H]2O[C@H](C)C(O[C@@H]3OC[C@@H](O)C(O)C3O)C(O)C2O)=CCC2C3(C)CCC(O)C(C)(C=O)[C@H]3CC[C@]21C. The normalized spacial score (nSPS) is 41.6. The lowest BCUT2D eigenvalue weighted by Gasteiger charge is -2.69. The number of hydrogen-bond acceptors (Lipinski definition) is 18. The van der Waals surface area contributed by atoms with Gasteiger partial charge in [0.25, 0.3) is 0 Å². The van der Waals surface area contributed by atoms with Crippen LogP contribution in [0.2, 0.25) is 0 Å². The molecule has 20 nitrogen and oxygen atoms in total. The first-order valence-electron chi connectivity index (χ1n) is 30.5. The minimum atomic E-state index is -1.93. The highest BCUT2D eigenvalue weighted by molar-refractivity contribution is 5.78. The van der Waals surface area contributed by atoms with Crippen LogP contribution in [0.25, 0.3) is 0 Å². The van der Waals surface area contributed by atoms with Gasteiger partial charge in [0.2, 0.25) is 12.2 Å². The number of ether oxygens (including phenoxy) is 6. The van der Waals surface area contributed by atoms with Crippen LogP contribution in [0.3, 0.4) is 0 Å². The van der Waals surface area contributed by atoms with Crippen LogP contribution in [-0.4, -0.2) is 175 Å². The van der Waals surface area contributed by atoms with Crippen LogP contribution >= 0.6 is 0 Å². The predicted molar refractivity (Wildman–Crippen MR) is 301 cm³/mol. The first-order chi connectivity index (χ1) is 38.4. The molecular formula is C62H103NO19. The molecule has 10 N–H and O–H groups in total. The second-order valence-corrected chi connectivity index (χ2v) is 27.6. The van der Waals surface area contributed by atoms with Gasteiger partial charge in [0, 0.05) is 12.8 Å². The second kappa shape index (κ2) is 27.8. The van der Waals surface area contributed by atoms with E-state index in [1.165, 1.54) is 6.92 Å². The van der Waals surface area contributed by atoms with Crippen molar-refractivity contribution in [1.29, 1.82) is 0 Å². The van der Waals surface area contributed by atoms with Gasteiger partial charge in [0.15, 0.2) is 18.7 Å². The fourth-order valence-corrected chi connectivity index (χ4v) is 15.3. The number of aliphatic carboxylic acids is 1. The summed E-state index contributed by atoms with van der Waals surface area (Å²) in [5.74, 6) is -2.34. The van der Waals surface area contributed by atoms with E-state index in [4.69, 9.17) is 33.5 Å². The van der Waals surface area contributed by atoms with E-state index < -0.39 is 145 Å². The molecule has 3 heterocycles. The molecule has 3 saturated heterocycles. The van der Waals surface area contributed by atoms with Gasteiger partial charge in [-0.3, -0.25) is 14.4 Å². The molecule has 470 valence electrons. The number of amides is 1. The molecule has 2 saturated carbocycles. The van der Waals surface area contributed by atoms with Gasteiger partial charge in [-0.1, -0.05) is 112 Å². The van der Waals surface area contributed by atoms with Gasteiger partial charge >= 0.3 is 11.9 Å². The lowest BCUT2D eigenvalue weighted by molar-refractivity contribution is -0.369. The summed E-state index contributed by atoms with van der Waals surface area (Å²) in [6.45, 7) is 23.6. The quantitative estimate of drug-likeness (QED) is 0.0220. The van der Waals surface area contributed by atoms with Crippen LogP contribution in [-0.2, 0) is 47.6 Å². The van der Waals surface area contributed by atoms with Gasteiger partial charge in [-0.25, -0.2) is 0 Å². The Morgan fingerprint density at radius 3 is 1.99 bits per heavy atom. The fourth-order valence-electron chi connectivity index (χ4n) is 15.3. The van der Waals surface area contributed by atoms with Crippen LogP contribution in [0.1, 0.15) is 185 Å². The first kappa shape index (κ1) is 68.2. The Bertz CT molecular complexity index is 2190. The Kier molecular flexibility index (Phi) is 23.1. The van der Waals surface area contributed by atoms with Crippen LogP contribution in [0.5, 0.6) is 0 Å². The summed E-state index contributed by atoms with van der Waals surface area (Å²) in [5.41, 5.74) is -2.51. The molecule has 6 aliphatic rings. The number of carboxylic acids is 1. The molecule has 13 unspecified atom stereocenters. The largest absolute Gasteiger partial charge is 0.481 e. The average molecular weight is 1170 g/mol. The van der Waals surface area contributed by atoms with Crippen molar-refractivity contribution < 1.29 is 93.6 Å². The van der Waals surface area contributed by atoms with Crippen molar-refractivity contribution >= 4 is 24.1 Å². The molecule has 82 heavy (non-hydrogen) atoms. The van der Waals surface area contributed by atoms with E-state index in [0.717, 1.165) is 69.6 Å². The third-order valence-corrected chi connectivity index (χ3v) is 21.1. The number of carboxylic acid groups (broad SMARTS) is 1. The molecule has 0 spiro atoms. The van der Waals surface area contributed by atoms with Crippen molar-refractivity contribution in [1.82, 2.24) is 5.32 Å². The van der Waals surface area contributed by atoms with E-state index in [9.17, 15) is 55.2 Å². The fraction of sp³-hybridized carbons (Fsp3) is 0.871. The maximum atomic E-state index is 15.7. The van der Waals surface area contributed by atoms with Gasteiger partial charge in [-0.15, -0.1) is 6.58 Å². The van der Waals surface area contributed by atoms with E-state index in [-0.39, 0.29) is 40.9 Å². The third kappa shape index (κ3) is 14.2. The molecule has 0 radical (unpaired) electrons. The number of allylic oxidation sites excluding steroid dienone is 3. The van der Waals surface area contributed by atoms with Crippen LogP contribution in [0.15, 0.2) is 24.3 Å². The summed E-state index contributed by atoms with van der Waals surface area (Å²) in [4.78, 5) is 53.0. The van der Waals surface area contributed by atoms with Gasteiger partial charge in [-0.05, 0) is 117 Å². The molecule has 5 fully saturated rings. The lowest BCUT2D eigenvalue weighted by atomic mass is 9.35. The molecule has 1 amide bonds. The van der Waals surface area contributed by atoms with Crippen molar-refractivity contribution in [3.63, 3.8) is 0 Å². The van der Waals surface area contributed by atoms with Gasteiger partial charge in [-0.2, -0.15) is 0 Å². The summed E-state index contributed by atoms with van der Waals surface area (Å²) >= 11 is 0. The molecule has 0 aromatic heterocycles. The Morgan fingerprint density at radius 2 is 1.39 bits per heavy atom. The number of nitrogens with one attached hydrogen (secondary N) is 1. The highest BCUT2D eigenvalue weighted by Gasteiger charge is 2.67. The minimum Gasteiger partial charge on any atom is -0.481 e. The van der Waals surface area contributed by atoms with Crippen molar-refractivity contribution in [3.05, 3.63) is 24.3 Å². The Labute approximate surface area is 486 Å². The molecule has 0 aromatic carbocycles. The van der Waals surface area contributed by atoms with E-state index in [0.29, 0.717) is 44.9 Å². The summed E-state index contributed by atoms with van der Waals surface area (Å²) in [6.07, 6.45) is -4.92. The number of carbonyl (C=O) groups is 4. The van der Waals surface area contributed by atoms with Crippen molar-refractivity contribution in [2.45, 2.75) is 277 Å². The lowest BCUT2D eigenvalue weighted by Crippen LogP contribution is -2.68. The van der Waals surface area contributed by atoms with Gasteiger partial charge in [0.05, 0.1) is 42.3 Å². The Hall–Kier alpha value is -2.96. The van der Waals surface area contributed by atoms with Crippen molar-refractivity contribution in [3.8, 4) is 0 Å². The van der Waals surface area contributed by atoms with Gasteiger partial charge in [0.1, 0.15) is 55.1 Å². The first-order valence-corrected chi connectivity index (χ1v) is 30.5. The number of aliphatic hydroxyl groups excluding tert-OH is 8. The third-order valence-electron chi connectivity index (χ3n) is 21.1. The topological polar surface area (TPSA) is 318 Å². The number of aliphatic hydroxyl groups is 8. The summed E-state index contributed by atoms with van der Waals surface area (Å²) in [6, 6.07) is -1.34. The van der Waals surface area contributed by atoms with E-state index in [2.05, 4.69) is 59.5 Å². The zero-order chi connectivity index (χ0) is 60.9. The second-order valence-electron chi connectivity index (χ2n) is 27.6. The summed E-state index contributed by atoms with van der Waals surface area (Å²) in [7, 11) is 0. The molecule has 6 rings (SSSR count). The maximum absolute atomic E-state index is 15.7. The van der Waals surface area contributed by atoms with Crippen LogP contribution in [0, 0.1) is 50.2 Å². The molecule has 23 atom stereocenters. The molecule has 3 aliphatic carbocycles. The summed E-state index contributed by atoms with van der Waals surface area (Å²) in [5, 5.41) is 101. The summed E-state index contributed by atoms with van der Waals surface area (Å²) < 4.78 is 36.6. The Morgan fingerprint density at radius 1 is 0.780 bits per heavy atom. The standard InChI is InChI=1S/C62H103NO19/c1-12-27-61(10)37(23-24-41-59(8)28-26-42(67)60(9,34-65)40(59)25-29-62(41,61)11)35(2)58(7,31-30-57(4,5)6)56(76)82-55-52(81-54-50(75)48(73)51(36(3)78-54)80-53-49(74)46(71)38(66)33-77-53)47(72)45(39(32-64)79-55)63-43(68)21-19-17-15-13-14-16-18-20-22-44(69)70/h12,23,34-36,38-42,45-55,64,66-67,71-75H,1,13-22,24-33H2,2-11H3,(H,63,68)(H,69,70)/t35?,36-,38-,39-,40+,41?,42?,45?,46?,47?,48?,49?,50?,51?,52?,53+,54+,55+,58-,59?,60?,61-,62-/m1/s1. The number of hydrogen-bond donors (Lipinski definition) is 10. The molecule has 0 bridgehead atoms. The Balaban J connectivity index is 1.29. The molecule has 0 aromatic rings. The van der Waals surface area contributed by atoms with Crippen LogP contribution in [0.4, 0.5) is 0 Å². The number of fused-ring (bicyclic) bond motifs is 3. The molecular weight excluding hydrogens is 1060 g/mol. The van der Waals surface area contributed by atoms with Gasteiger partial charge < -0.3 is 84.5 Å². The monoisotopic (exact) mass is 1170 g/mol. The maximum Gasteiger partial charge on any atom is 0.314 e. The highest BCUT2D eigenvalue weighted by atomic mass is 16.8.